The smallest absolute Gasteiger partial charge is 0.242 e. The molecule has 0 aliphatic rings. The molecule has 186 valence electrons. The first-order valence-electron chi connectivity index (χ1n) is 11.5. The van der Waals surface area contributed by atoms with Gasteiger partial charge < -0.3 is 10.2 Å². The fraction of sp³-hybridized carbons (Fsp3) is 0.440. The van der Waals surface area contributed by atoms with E-state index in [0.29, 0.717) is 6.54 Å². The second-order valence-corrected chi connectivity index (χ2v) is 10.1. The average Bonchev–Trinajstić information content (AvgIpc) is 2.80. The van der Waals surface area contributed by atoms with Gasteiger partial charge in [-0.3, -0.25) is 13.9 Å². The lowest BCUT2D eigenvalue weighted by atomic mass is 10.1. The van der Waals surface area contributed by atoms with Gasteiger partial charge in [-0.15, -0.1) is 0 Å². The predicted octanol–water partition coefficient (Wildman–Crippen LogP) is 3.71. The number of sulfonamides is 1. The van der Waals surface area contributed by atoms with Crippen molar-refractivity contribution in [1.29, 1.82) is 0 Å². The molecule has 34 heavy (non-hydrogen) atoms. The van der Waals surface area contributed by atoms with Crippen LogP contribution in [0.2, 0.25) is 0 Å². The van der Waals surface area contributed by atoms with E-state index in [-0.39, 0.29) is 43.4 Å². The van der Waals surface area contributed by atoms with Gasteiger partial charge in [0.25, 0.3) is 0 Å². The van der Waals surface area contributed by atoms with Crippen LogP contribution in [0.3, 0.4) is 0 Å². The average molecular weight is 492 g/mol. The summed E-state index contributed by atoms with van der Waals surface area (Å²) in [6.45, 7) is 4.46. The van der Waals surface area contributed by atoms with Gasteiger partial charge in [0.2, 0.25) is 21.8 Å². The van der Waals surface area contributed by atoms with Crippen molar-refractivity contribution in [2.75, 3.05) is 23.7 Å². The van der Waals surface area contributed by atoms with Crippen molar-refractivity contribution in [3.05, 3.63) is 66.0 Å². The van der Waals surface area contributed by atoms with Crippen LogP contribution in [-0.4, -0.2) is 50.5 Å². The first-order chi connectivity index (χ1) is 16.1. The topological polar surface area (TPSA) is 86.8 Å². The molecule has 2 aromatic carbocycles. The first-order valence-corrected chi connectivity index (χ1v) is 13.3. The molecule has 0 spiro atoms. The molecule has 2 amide bonds. The van der Waals surface area contributed by atoms with Crippen LogP contribution < -0.4 is 9.62 Å². The number of nitrogens with zero attached hydrogens (tertiary/aromatic N) is 2. The minimum Gasteiger partial charge on any atom is -0.354 e. The van der Waals surface area contributed by atoms with Crippen molar-refractivity contribution in [2.45, 2.75) is 52.1 Å². The van der Waals surface area contributed by atoms with Crippen LogP contribution in [0, 0.1) is 5.82 Å². The van der Waals surface area contributed by atoms with E-state index in [1.54, 1.807) is 13.0 Å². The third-order valence-electron chi connectivity index (χ3n) is 5.47. The molecule has 2 rings (SSSR count). The highest BCUT2D eigenvalue weighted by Gasteiger charge is 2.27. The number of unbranched alkanes of at least 4 members (excludes halogenated alkanes) is 1. The Morgan fingerprint density at radius 3 is 2.29 bits per heavy atom. The maximum atomic E-state index is 14.2. The summed E-state index contributed by atoms with van der Waals surface area (Å²) in [5.74, 6) is -1.16. The summed E-state index contributed by atoms with van der Waals surface area (Å²) in [6.07, 6.45) is 2.99. The van der Waals surface area contributed by atoms with Gasteiger partial charge in [-0.05, 0) is 37.5 Å². The Balaban J connectivity index is 2.12. The highest BCUT2D eigenvalue weighted by Crippen LogP contribution is 2.22. The Hall–Kier alpha value is -2.94. The summed E-state index contributed by atoms with van der Waals surface area (Å²) in [4.78, 5) is 27.3. The molecule has 1 unspecified atom stereocenters. The fourth-order valence-corrected chi connectivity index (χ4v) is 4.50. The molecule has 0 saturated carbocycles. The molecule has 0 aromatic heterocycles. The summed E-state index contributed by atoms with van der Waals surface area (Å²) < 4.78 is 39.7. The van der Waals surface area contributed by atoms with Gasteiger partial charge in [-0.2, -0.15) is 0 Å². The fourth-order valence-electron chi connectivity index (χ4n) is 3.54. The molecule has 1 N–H and O–H groups in total. The molecule has 0 aliphatic heterocycles. The third-order valence-corrected chi connectivity index (χ3v) is 6.65. The third kappa shape index (κ3) is 8.13. The zero-order valence-electron chi connectivity index (χ0n) is 20.0. The van der Waals surface area contributed by atoms with Crippen LogP contribution in [0.4, 0.5) is 10.1 Å². The van der Waals surface area contributed by atoms with Gasteiger partial charge in [-0.1, -0.05) is 55.8 Å². The number of rotatable bonds is 13. The van der Waals surface area contributed by atoms with Crippen LogP contribution in [0.15, 0.2) is 54.6 Å². The quantitative estimate of drug-likeness (QED) is 0.433. The Kier molecular flexibility index (Phi) is 10.5. The van der Waals surface area contributed by atoms with Crippen molar-refractivity contribution in [2.24, 2.45) is 0 Å². The number of amides is 2. The molecule has 0 radical (unpaired) electrons. The number of nitrogens with one attached hydrogen (secondary N) is 1. The van der Waals surface area contributed by atoms with Crippen LogP contribution in [0.1, 0.15) is 45.1 Å². The zero-order valence-corrected chi connectivity index (χ0v) is 20.9. The van der Waals surface area contributed by atoms with E-state index in [2.05, 4.69) is 5.32 Å². The molecule has 2 aromatic rings. The van der Waals surface area contributed by atoms with Crippen molar-refractivity contribution < 1.29 is 22.4 Å². The van der Waals surface area contributed by atoms with E-state index in [0.717, 1.165) is 29.0 Å². The molecule has 9 heteroatoms. The van der Waals surface area contributed by atoms with Gasteiger partial charge in [0.05, 0.1) is 11.9 Å². The van der Waals surface area contributed by atoms with Gasteiger partial charge in [0.15, 0.2) is 0 Å². The standard InChI is InChI=1S/C25H34FN3O4S/c1-4-5-17-27-25(31)20(2)28(19-21-12-7-6-8-13-21)24(30)16-11-18-29(34(3,32)33)23-15-10-9-14-22(23)26/h6-10,12-15,20H,4-5,11,16-19H2,1-3H3,(H,27,31). The molecular formula is C25H34FN3O4S. The molecule has 0 aliphatic carbocycles. The molecule has 7 nitrogen and oxygen atoms in total. The number of para-hydroxylation sites is 1. The summed E-state index contributed by atoms with van der Waals surface area (Å²) in [7, 11) is -3.75. The van der Waals surface area contributed by atoms with E-state index in [4.69, 9.17) is 0 Å². The summed E-state index contributed by atoms with van der Waals surface area (Å²) >= 11 is 0. The number of halogens is 1. The normalized spacial score (nSPS) is 12.1. The van der Waals surface area contributed by atoms with Crippen LogP contribution in [-0.2, 0) is 26.2 Å². The lowest BCUT2D eigenvalue weighted by molar-refractivity contribution is -0.140. The predicted molar refractivity (Wildman–Crippen MR) is 132 cm³/mol. The Morgan fingerprint density at radius 1 is 1.03 bits per heavy atom. The lowest BCUT2D eigenvalue weighted by Gasteiger charge is -2.29. The van der Waals surface area contributed by atoms with Gasteiger partial charge in [0, 0.05) is 26.1 Å². The van der Waals surface area contributed by atoms with E-state index in [1.807, 2.05) is 37.3 Å². The highest BCUT2D eigenvalue weighted by atomic mass is 32.2. The Morgan fingerprint density at radius 2 is 1.68 bits per heavy atom. The maximum absolute atomic E-state index is 14.2. The van der Waals surface area contributed by atoms with E-state index in [1.165, 1.54) is 23.1 Å². The molecule has 0 saturated heterocycles. The zero-order chi connectivity index (χ0) is 25.1. The number of carbonyl (C=O) groups is 2. The number of hydrogen-bond acceptors (Lipinski definition) is 4. The molecule has 0 heterocycles. The second kappa shape index (κ2) is 13.1. The van der Waals surface area contributed by atoms with E-state index in [9.17, 15) is 22.4 Å². The SMILES string of the molecule is CCCCNC(=O)C(C)N(Cc1ccccc1)C(=O)CCCN(c1ccccc1F)S(C)(=O)=O. The summed E-state index contributed by atoms with van der Waals surface area (Å²) in [5.41, 5.74) is 0.829. The van der Waals surface area contributed by atoms with Gasteiger partial charge in [0.1, 0.15) is 11.9 Å². The van der Waals surface area contributed by atoms with E-state index < -0.39 is 21.9 Å². The number of benzene rings is 2. The maximum Gasteiger partial charge on any atom is 0.242 e. The second-order valence-electron chi connectivity index (χ2n) is 8.22. The minimum atomic E-state index is -3.75. The molecule has 0 bridgehead atoms. The number of hydrogen-bond donors (Lipinski definition) is 1. The van der Waals surface area contributed by atoms with Crippen molar-refractivity contribution in [1.82, 2.24) is 10.2 Å². The van der Waals surface area contributed by atoms with Crippen molar-refractivity contribution >= 4 is 27.5 Å². The number of anilines is 1. The number of carbonyl (C=O) groups excluding carboxylic acids is 2. The summed E-state index contributed by atoms with van der Waals surface area (Å²) in [6, 6.07) is 14.3. The minimum absolute atomic E-state index is 0.0138. The largest absolute Gasteiger partial charge is 0.354 e. The molecule has 0 fully saturated rings. The lowest BCUT2D eigenvalue weighted by Crippen LogP contribution is -2.48. The van der Waals surface area contributed by atoms with Crippen molar-refractivity contribution in [3.63, 3.8) is 0 Å². The van der Waals surface area contributed by atoms with Crippen LogP contribution in [0.25, 0.3) is 0 Å². The Bertz CT molecular complexity index is 1050. The Labute approximate surface area is 202 Å². The molecular weight excluding hydrogens is 457 g/mol. The van der Waals surface area contributed by atoms with Gasteiger partial charge in [-0.25, -0.2) is 12.8 Å². The van der Waals surface area contributed by atoms with Crippen LogP contribution in [0.5, 0.6) is 0 Å². The highest BCUT2D eigenvalue weighted by molar-refractivity contribution is 7.92. The summed E-state index contributed by atoms with van der Waals surface area (Å²) in [5, 5.41) is 2.86. The van der Waals surface area contributed by atoms with E-state index >= 15 is 0 Å². The monoisotopic (exact) mass is 491 g/mol. The van der Waals surface area contributed by atoms with Crippen molar-refractivity contribution in [3.8, 4) is 0 Å². The van der Waals surface area contributed by atoms with Gasteiger partial charge >= 0.3 is 0 Å². The first kappa shape index (κ1) is 27.3. The molecule has 1 atom stereocenters. The van der Waals surface area contributed by atoms with Crippen LogP contribution >= 0.6 is 0 Å².